The first-order valence-electron chi connectivity index (χ1n) is 4.39. The molecule has 2 nitrogen and oxygen atoms in total. The zero-order chi connectivity index (χ0) is 10.9. The predicted octanol–water partition coefficient (Wildman–Crippen LogP) is 2.84. The standard InChI is InChI=1S/C9H14F2N2S/c1-5-7(9(3,10)11)14-8(13-5)6(2)12-4/h6,12H,1-4H3. The van der Waals surface area contributed by atoms with E-state index in [1.807, 2.05) is 6.92 Å². The molecule has 1 aromatic heterocycles. The lowest BCUT2D eigenvalue weighted by molar-refractivity contribution is 0.0206. The monoisotopic (exact) mass is 220 g/mol. The second-order valence-electron chi connectivity index (χ2n) is 3.37. The minimum absolute atomic E-state index is 0.0230. The van der Waals surface area contributed by atoms with Gasteiger partial charge < -0.3 is 5.32 Å². The molecule has 0 aliphatic rings. The van der Waals surface area contributed by atoms with Crippen molar-refractivity contribution in [2.24, 2.45) is 0 Å². The number of thiazole rings is 1. The maximum atomic E-state index is 13.0. The van der Waals surface area contributed by atoms with E-state index in [4.69, 9.17) is 0 Å². The summed E-state index contributed by atoms with van der Waals surface area (Å²) in [5.74, 6) is -2.78. The lowest BCUT2D eigenvalue weighted by atomic mass is 10.3. The molecule has 0 saturated carbocycles. The van der Waals surface area contributed by atoms with Crippen LogP contribution in [0.1, 0.15) is 35.5 Å². The van der Waals surface area contributed by atoms with Gasteiger partial charge in [-0.15, -0.1) is 11.3 Å². The molecule has 0 fully saturated rings. The molecule has 1 unspecified atom stereocenters. The first-order chi connectivity index (χ1) is 6.36. The van der Waals surface area contributed by atoms with Gasteiger partial charge in [0.2, 0.25) is 0 Å². The number of nitrogens with one attached hydrogen (secondary N) is 1. The predicted molar refractivity (Wildman–Crippen MR) is 53.9 cm³/mol. The molecule has 0 spiro atoms. The Morgan fingerprint density at radius 1 is 1.50 bits per heavy atom. The van der Waals surface area contributed by atoms with Gasteiger partial charge in [0, 0.05) is 6.92 Å². The lowest BCUT2D eigenvalue weighted by Gasteiger charge is -2.07. The summed E-state index contributed by atoms with van der Waals surface area (Å²) in [6, 6.07) is 0.0230. The van der Waals surface area contributed by atoms with Crippen LogP contribution in [-0.4, -0.2) is 12.0 Å². The summed E-state index contributed by atoms with van der Waals surface area (Å²) in [5.41, 5.74) is 0.430. The Labute approximate surface area is 86.4 Å². The van der Waals surface area contributed by atoms with Crippen molar-refractivity contribution in [2.45, 2.75) is 32.7 Å². The van der Waals surface area contributed by atoms with Crippen LogP contribution in [0.5, 0.6) is 0 Å². The van der Waals surface area contributed by atoms with E-state index < -0.39 is 5.92 Å². The summed E-state index contributed by atoms with van der Waals surface area (Å²) in [4.78, 5) is 4.19. The number of alkyl halides is 2. The van der Waals surface area contributed by atoms with Gasteiger partial charge in [-0.2, -0.15) is 0 Å². The Morgan fingerprint density at radius 2 is 2.07 bits per heavy atom. The van der Waals surface area contributed by atoms with Gasteiger partial charge in [-0.3, -0.25) is 0 Å². The molecule has 1 rings (SSSR count). The number of hydrogen-bond acceptors (Lipinski definition) is 3. The van der Waals surface area contributed by atoms with Crippen LogP contribution in [0.25, 0.3) is 0 Å². The average Bonchev–Trinajstić information content (AvgIpc) is 2.45. The van der Waals surface area contributed by atoms with Crippen LogP contribution in [0.3, 0.4) is 0 Å². The molecule has 1 aromatic rings. The summed E-state index contributed by atoms with van der Waals surface area (Å²) in [5, 5.41) is 3.69. The maximum Gasteiger partial charge on any atom is 0.281 e. The molecule has 5 heteroatoms. The quantitative estimate of drug-likeness (QED) is 0.847. The number of hydrogen-bond donors (Lipinski definition) is 1. The van der Waals surface area contributed by atoms with Crippen molar-refractivity contribution in [1.29, 1.82) is 0 Å². The highest BCUT2D eigenvalue weighted by molar-refractivity contribution is 7.12. The van der Waals surface area contributed by atoms with E-state index in [9.17, 15) is 8.78 Å². The van der Waals surface area contributed by atoms with Gasteiger partial charge >= 0.3 is 0 Å². The Hall–Kier alpha value is -0.550. The largest absolute Gasteiger partial charge is 0.311 e. The number of aryl methyl sites for hydroxylation is 1. The van der Waals surface area contributed by atoms with E-state index in [1.165, 1.54) is 0 Å². The third-order valence-electron chi connectivity index (χ3n) is 2.02. The molecule has 0 aliphatic carbocycles. The van der Waals surface area contributed by atoms with Gasteiger partial charge in [0.05, 0.1) is 16.6 Å². The smallest absolute Gasteiger partial charge is 0.281 e. The first-order valence-corrected chi connectivity index (χ1v) is 5.20. The third kappa shape index (κ3) is 2.27. The fourth-order valence-electron chi connectivity index (χ4n) is 1.13. The van der Waals surface area contributed by atoms with E-state index in [-0.39, 0.29) is 10.9 Å². The molecule has 0 aliphatic heterocycles. The molecule has 0 amide bonds. The van der Waals surface area contributed by atoms with E-state index in [0.717, 1.165) is 18.3 Å². The van der Waals surface area contributed by atoms with Gasteiger partial charge in [-0.05, 0) is 20.9 Å². The second kappa shape index (κ2) is 3.90. The van der Waals surface area contributed by atoms with E-state index in [0.29, 0.717) is 10.7 Å². The molecule has 0 aromatic carbocycles. The van der Waals surface area contributed by atoms with Crippen LogP contribution < -0.4 is 5.32 Å². The molecular weight excluding hydrogens is 206 g/mol. The number of halogens is 2. The second-order valence-corrected chi connectivity index (χ2v) is 4.40. The zero-order valence-corrected chi connectivity index (χ0v) is 9.51. The van der Waals surface area contributed by atoms with Crippen LogP contribution in [-0.2, 0) is 5.92 Å². The fraction of sp³-hybridized carbons (Fsp3) is 0.667. The molecule has 1 N–H and O–H groups in total. The number of rotatable bonds is 3. The summed E-state index contributed by atoms with van der Waals surface area (Å²) in [7, 11) is 1.78. The van der Waals surface area contributed by atoms with Gasteiger partial charge in [0.15, 0.2) is 0 Å². The summed E-state index contributed by atoms with van der Waals surface area (Å²) < 4.78 is 26.1. The van der Waals surface area contributed by atoms with Crippen molar-refractivity contribution in [1.82, 2.24) is 10.3 Å². The van der Waals surface area contributed by atoms with E-state index in [2.05, 4.69) is 10.3 Å². The van der Waals surface area contributed by atoms with Crippen LogP contribution in [0.2, 0.25) is 0 Å². The minimum atomic E-state index is -2.78. The fourth-order valence-corrected chi connectivity index (χ4v) is 2.19. The minimum Gasteiger partial charge on any atom is -0.311 e. The Bertz CT molecular complexity index is 317. The Morgan fingerprint density at radius 3 is 2.43 bits per heavy atom. The Balaban J connectivity index is 3.05. The molecule has 1 heterocycles. The number of aromatic nitrogens is 1. The van der Waals surface area contributed by atoms with Crippen molar-refractivity contribution in [3.05, 3.63) is 15.6 Å². The molecule has 0 saturated heterocycles. The molecule has 14 heavy (non-hydrogen) atoms. The highest BCUT2D eigenvalue weighted by Crippen LogP contribution is 2.35. The van der Waals surface area contributed by atoms with Crippen LogP contribution >= 0.6 is 11.3 Å². The maximum absolute atomic E-state index is 13.0. The first kappa shape index (κ1) is 11.5. The summed E-state index contributed by atoms with van der Waals surface area (Å²) >= 11 is 1.08. The molecule has 0 bridgehead atoms. The molecule has 1 atom stereocenters. The van der Waals surface area contributed by atoms with Gasteiger partial charge in [0.25, 0.3) is 5.92 Å². The van der Waals surface area contributed by atoms with Crippen LogP contribution in [0, 0.1) is 6.92 Å². The van der Waals surface area contributed by atoms with Crippen LogP contribution in [0.4, 0.5) is 8.78 Å². The summed E-state index contributed by atoms with van der Waals surface area (Å²) in [6.07, 6.45) is 0. The van der Waals surface area contributed by atoms with Gasteiger partial charge in [-0.1, -0.05) is 0 Å². The van der Waals surface area contributed by atoms with Crippen LogP contribution in [0.15, 0.2) is 0 Å². The SMILES string of the molecule is CNC(C)c1nc(C)c(C(C)(F)F)s1. The molecule has 80 valence electrons. The third-order valence-corrected chi connectivity index (χ3v) is 3.53. The number of nitrogens with zero attached hydrogens (tertiary/aromatic N) is 1. The lowest BCUT2D eigenvalue weighted by Crippen LogP contribution is -2.11. The van der Waals surface area contributed by atoms with Gasteiger partial charge in [-0.25, -0.2) is 13.8 Å². The highest BCUT2D eigenvalue weighted by atomic mass is 32.1. The Kier molecular flexibility index (Phi) is 3.21. The van der Waals surface area contributed by atoms with Crippen molar-refractivity contribution < 1.29 is 8.78 Å². The van der Waals surface area contributed by atoms with Crippen molar-refractivity contribution in [3.63, 3.8) is 0 Å². The molecule has 0 radical (unpaired) electrons. The highest BCUT2D eigenvalue weighted by Gasteiger charge is 2.30. The van der Waals surface area contributed by atoms with E-state index >= 15 is 0 Å². The summed E-state index contributed by atoms with van der Waals surface area (Å²) in [6.45, 7) is 4.42. The molecular formula is C9H14F2N2S. The van der Waals surface area contributed by atoms with E-state index in [1.54, 1.807) is 14.0 Å². The topological polar surface area (TPSA) is 24.9 Å². The van der Waals surface area contributed by atoms with Crippen molar-refractivity contribution in [2.75, 3.05) is 7.05 Å². The normalized spacial score (nSPS) is 14.4. The van der Waals surface area contributed by atoms with Gasteiger partial charge in [0.1, 0.15) is 5.01 Å². The average molecular weight is 220 g/mol. The zero-order valence-electron chi connectivity index (χ0n) is 8.69. The van der Waals surface area contributed by atoms with Crippen molar-refractivity contribution >= 4 is 11.3 Å². The van der Waals surface area contributed by atoms with Crippen molar-refractivity contribution in [3.8, 4) is 0 Å².